The summed E-state index contributed by atoms with van der Waals surface area (Å²) in [7, 11) is 0. The summed E-state index contributed by atoms with van der Waals surface area (Å²) in [6.07, 6.45) is 0.461. The molecule has 0 bridgehead atoms. The lowest BCUT2D eigenvalue weighted by Crippen LogP contribution is -2.33. The number of rotatable bonds is 5. The largest absolute Gasteiger partial charge is 0.415 e. The Hall–Kier alpha value is -2.29. The minimum Gasteiger partial charge on any atom is -0.410 e. The smallest absolute Gasteiger partial charge is 0.410 e. The molecule has 0 aliphatic rings. The van der Waals surface area contributed by atoms with Crippen LogP contribution in [0.2, 0.25) is 0 Å². The number of carbonyl (C=O) groups excluding carboxylic acids is 1. The van der Waals surface area contributed by atoms with Gasteiger partial charge in [-0.2, -0.15) is 0 Å². The van der Waals surface area contributed by atoms with Crippen molar-refractivity contribution in [3.8, 4) is 5.75 Å². The van der Waals surface area contributed by atoms with Gasteiger partial charge in [0.25, 0.3) is 0 Å². The highest BCUT2D eigenvalue weighted by Crippen LogP contribution is 2.22. The van der Waals surface area contributed by atoms with E-state index in [2.05, 4.69) is 12.1 Å². The lowest BCUT2D eigenvalue weighted by Gasteiger charge is -2.19. The summed E-state index contributed by atoms with van der Waals surface area (Å²) in [5.74, 6) is 0.637. The van der Waals surface area contributed by atoms with Crippen LogP contribution in [-0.4, -0.2) is 24.1 Å². The van der Waals surface area contributed by atoms with E-state index in [1.807, 2.05) is 56.3 Å². The summed E-state index contributed by atoms with van der Waals surface area (Å²) in [4.78, 5) is 13.7. The number of amides is 1. The van der Waals surface area contributed by atoms with Gasteiger partial charge in [0.05, 0.1) is 0 Å². The topological polar surface area (TPSA) is 29.5 Å². The molecule has 110 valence electrons. The highest BCUT2D eigenvalue weighted by Gasteiger charge is 2.14. The van der Waals surface area contributed by atoms with E-state index < -0.39 is 0 Å². The summed E-state index contributed by atoms with van der Waals surface area (Å²) in [6, 6.07) is 17.9. The van der Waals surface area contributed by atoms with E-state index in [0.717, 1.165) is 12.0 Å². The van der Waals surface area contributed by atoms with Gasteiger partial charge in [-0.05, 0) is 31.0 Å². The minimum atomic E-state index is -0.291. The van der Waals surface area contributed by atoms with Crippen LogP contribution in [0.1, 0.15) is 25.0 Å². The van der Waals surface area contributed by atoms with Crippen molar-refractivity contribution < 1.29 is 9.53 Å². The lowest BCUT2D eigenvalue weighted by atomic mass is 10.0. The Labute approximate surface area is 126 Å². The average Bonchev–Trinajstić information content (AvgIpc) is 2.51. The van der Waals surface area contributed by atoms with Gasteiger partial charge in [0.15, 0.2) is 0 Å². The molecule has 2 aromatic rings. The second kappa shape index (κ2) is 7.48. The molecule has 0 spiro atoms. The molecule has 0 radical (unpaired) electrons. The van der Waals surface area contributed by atoms with Crippen LogP contribution in [0.15, 0.2) is 54.6 Å². The Bertz CT molecular complexity index is 577. The monoisotopic (exact) mass is 283 g/mol. The van der Waals surface area contributed by atoms with Crippen LogP contribution in [-0.2, 0) is 6.42 Å². The first-order valence-electron chi connectivity index (χ1n) is 7.33. The first-order chi connectivity index (χ1) is 10.2. The van der Waals surface area contributed by atoms with Crippen LogP contribution >= 0.6 is 0 Å². The number of hydrogen-bond acceptors (Lipinski definition) is 2. The molecule has 2 aromatic carbocycles. The minimum absolute atomic E-state index is 0.291. The van der Waals surface area contributed by atoms with Crippen molar-refractivity contribution >= 4 is 6.09 Å². The van der Waals surface area contributed by atoms with Crippen molar-refractivity contribution in [3.63, 3.8) is 0 Å². The maximum atomic E-state index is 12.1. The fourth-order valence-corrected chi connectivity index (χ4v) is 2.21. The molecular formula is C18H21NO2. The van der Waals surface area contributed by atoms with E-state index in [0.29, 0.717) is 18.8 Å². The maximum absolute atomic E-state index is 12.1. The molecule has 2 rings (SSSR count). The fourth-order valence-electron chi connectivity index (χ4n) is 2.21. The number of carbonyl (C=O) groups is 1. The predicted molar refractivity (Wildman–Crippen MR) is 84.6 cm³/mol. The van der Waals surface area contributed by atoms with Gasteiger partial charge in [-0.15, -0.1) is 0 Å². The molecule has 0 N–H and O–H groups in total. The summed E-state index contributed by atoms with van der Waals surface area (Å²) in [5, 5.41) is 0. The molecule has 0 saturated heterocycles. The van der Waals surface area contributed by atoms with E-state index in [-0.39, 0.29) is 6.09 Å². The van der Waals surface area contributed by atoms with Crippen LogP contribution in [0.5, 0.6) is 5.75 Å². The van der Waals surface area contributed by atoms with Gasteiger partial charge in [0.2, 0.25) is 0 Å². The van der Waals surface area contributed by atoms with Gasteiger partial charge >= 0.3 is 6.09 Å². The number of ether oxygens (including phenoxy) is 1. The zero-order chi connectivity index (χ0) is 15.1. The Morgan fingerprint density at radius 3 is 2.24 bits per heavy atom. The first kappa shape index (κ1) is 15.1. The van der Waals surface area contributed by atoms with Gasteiger partial charge < -0.3 is 9.64 Å². The van der Waals surface area contributed by atoms with E-state index >= 15 is 0 Å². The molecule has 3 nitrogen and oxygen atoms in total. The Balaban J connectivity index is 2.15. The molecule has 21 heavy (non-hydrogen) atoms. The predicted octanol–water partition coefficient (Wildman–Crippen LogP) is 4.12. The molecule has 0 fully saturated rings. The van der Waals surface area contributed by atoms with Gasteiger partial charge in [0.1, 0.15) is 5.75 Å². The van der Waals surface area contributed by atoms with Gasteiger partial charge in [0, 0.05) is 19.5 Å². The second-order valence-corrected chi connectivity index (χ2v) is 4.81. The summed E-state index contributed by atoms with van der Waals surface area (Å²) < 4.78 is 5.55. The summed E-state index contributed by atoms with van der Waals surface area (Å²) in [6.45, 7) is 5.19. The molecule has 0 aromatic heterocycles. The SMILES string of the molecule is CCN(CC)C(=O)Oc1ccccc1Cc1ccccc1. The lowest BCUT2D eigenvalue weighted by molar-refractivity contribution is 0.157. The zero-order valence-corrected chi connectivity index (χ0v) is 12.6. The molecule has 0 unspecified atom stereocenters. The van der Waals surface area contributed by atoms with Crippen LogP contribution < -0.4 is 4.74 Å². The highest BCUT2D eigenvalue weighted by atomic mass is 16.6. The van der Waals surface area contributed by atoms with Crippen LogP contribution in [0.4, 0.5) is 4.79 Å². The molecule has 3 heteroatoms. The quantitative estimate of drug-likeness (QED) is 0.826. The van der Waals surface area contributed by atoms with Gasteiger partial charge in [-0.3, -0.25) is 0 Å². The van der Waals surface area contributed by atoms with E-state index in [1.165, 1.54) is 5.56 Å². The number of benzene rings is 2. The van der Waals surface area contributed by atoms with Gasteiger partial charge in [-0.1, -0.05) is 48.5 Å². The maximum Gasteiger partial charge on any atom is 0.415 e. The molecule has 0 saturated carbocycles. The second-order valence-electron chi connectivity index (χ2n) is 4.81. The van der Waals surface area contributed by atoms with Crippen molar-refractivity contribution in [2.24, 2.45) is 0 Å². The Morgan fingerprint density at radius 1 is 0.952 bits per heavy atom. The van der Waals surface area contributed by atoms with E-state index in [4.69, 9.17) is 4.74 Å². The molecular weight excluding hydrogens is 262 g/mol. The molecule has 0 atom stereocenters. The summed E-state index contributed by atoms with van der Waals surface area (Å²) in [5.41, 5.74) is 2.22. The van der Waals surface area contributed by atoms with Crippen molar-refractivity contribution in [2.75, 3.05) is 13.1 Å². The standard InChI is InChI=1S/C18H21NO2/c1-3-19(4-2)18(20)21-17-13-9-8-12-16(17)14-15-10-6-5-7-11-15/h5-13H,3-4,14H2,1-2H3. The van der Waals surface area contributed by atoms with Crippen LogP contribution in [0.3, 0.4) is 0 Å². The third kappa shape index (κ3) is 4.09. The third-order valence-electron chi connectivity index (χ3n) is 3.43. The van der Waals surface area contributed by atoms with Crippen molar-refractivity contribution in [1.29, 1.82) is 0 Å². The first-order valence-corrected chi connectivity index (χ1v) is 7.33. The fraction of sp³-hybridized carbons (Fsp3) is 0.278. The third-order valence-corrected chi connectivity index (χ3v) is 3.43. The van der Waals surface area contributed by atoms with Crippen molar-refractivity contribution in [1.82, 2.24) is 4.90 Å². The normalized spacial score (nSPS) is 10.2. The number of nitrogens with zero attached hydrogens (tertiary/aromatic N) is 1. The molecule has 0 aliphatic carbocycles. The average molecular weight is 283 g/mol. The van der Waals surface area contributed by atoms with Crippen LogP contribution in [0.25, 0.3) is 0 Å². The highest BCUT2D eigenvalue weighted by molar-refractivity contribution is 5.71. The Morgan fingerprint density at radius 2 is 1.57 bits per heavy atom. The zero-order valence-electron chi connectivity index (χ0n) is 12.6. The molecule has 1 amide bonds. The van der Waals surface area contributed by atoms with E-state index in [1.54, 1.807) is 4.90 Å². The van der Waals surface area contributed by atoms with Crippen LogP contribution in [0, 0.1) is 0 Å². The Kier molecular flexibility index (Phi) is 5.38. The number of para-hydroxylation sites is 1. The van der Waals surface area contributed by atoms with Crippen molar-refractivity contribution in [2.45, 2.75) is 20.3 Å². The molecule has 0 aliphatic heterocycles. The summed E-state index contributed by atoms with van der Waals surface area (Å²) >= 11 is 0. The van der Waals surface area contributed by atoms with Crippen molar-refractivity contribution in [3.05, 3.63) is 65.7 Å². The molecule has 0 heterocycles. The van der Waals surface area contributed by atoms with Gasteiger partial charge in [-0.25, -0.2) is 4.79 Å². The number of hydrogen-bond donors (Lipinski definition) is 0. The van der Waals surface area contributed by atoms with E-state index in [9.17, 15) is 4.79 Å².